The van der Waals surface area contributed by atoms with E-state index >= 15 is 0 Å². The number of ether oxygens (including phenoxy) is 1. The van der Waals surface area contributed by atoms with Crippen LogP contribution in [-0.2, 0) is 6.18 Å². The highest BCUT2D eigenvalue weighted by Crippen LogP contribution is 2.52. The first-order chi connectivity index (χ1) is 13.3. The van der Waals surface area contributed by atoms with Crippen molar-refractivity contribution in [2.45, 2.75) is 32.4 Å². The molecular formula is C23H23F3O2. The number of rotatable bonds is 5. The fourth-order valence-corrected chi connectivity index (χ4v) is 5.03. The maximum absolute atomic E-state index is 12.8. The van der Waals surface area contributed by atoms with E-state index in [2.05, 4.69) is 6.92 Å². The Morgan fingerprint density at radius 2 is 1.82 bits per heavy atom. The molecule has 0 saturated heterocycles. The van der Waals surface area contributed by atoms with Gasteiger partial charge in [0.2, 0.25) is 0 Å². The molecule has 2 saturated carbocycles. The SMILES string of the molecule is C[C@H]1C2CCC1C(COc1cc(C=O)cc(-c3ccc(C(F)(F)F)cc3)c1)C2. The highest BCUT2D eigenvalue weighted by Gasteiger charge is 2.45. The lowest BCUT2D eigenvalue weighted by Crippen LogP contribution is -2.19. The van der Waals surface area contributed by atoms with Gasteiger partial charge in [-0.3, -0.25) is 4.79 Å². The van der Waals surface area contributed by atoms with Gasteiger partial charge in [0.25, 0.3) is 0 Å². The molecular weight excluding hydrogens is 365 g/mol. The monoisotopic (exact) mass is 388 g/mol. The van der Waals surface area contributed by atoms with Crippen LogP contribution in [-0.4, -0.2) is 12.9 Å². The molecule has 4 atom stereocenters. The first-order valence-corrected chi connectivity index (χ1v) is 9.76. The van der Waals surface area contributed by atoms with E-state index in [1.165, 1.54) is 31.4 Å². The number of halogens is 3. The van der Waals surface area contributed by atoms with Crippen LogP contribution in [0.5, 0.6) is 5.75 Å². The molecule has 0 spiro atoms. The Bertz CT molecular complexity index is 857. The van der Waals surface area contributed by atoms with Gasteiger partial charge in [0.05, 0.1) is 12.2 Å². The van der Waals surface area contributed by atoms with Gasteiger partial charge in [0.15, 0.2) is 0 Å². The van der Waals surface area contributed by atoms with Crippen molar-refractivity contribution in [3.8, 4) is 16.9 Å². The molecule has 0 aliphatic heterocycles. The predicted octanol–water partition coefficient (Wildman–Crippen LogP) is 6.25. The van der Waals surface area contributed by atoms with E-state index in [4.69, 9.17) is 4.74 Å². The highest BCUT2D eigenvalue weighted by atomic mass is 19.4. The lowest BCUT2D eigenvalue weighted by atomic mass is 9.89. The lowest BCUT2D eigenvalue weighted by Gasteiger charge is -2.22. The number of carbonyl (C=O) groups is 1. The summed E-state index contributed by atoms with van der Waals surface area (Å²) in [5.74, 6) is 3.42. The van der Waals surface area contributed by atoms with E-state index in [1.54, 1.807) is 18.2 Å². The normalized spacial score (nSPS) is 26.4. The van der Waals surface area contributed by atoms with E-state index in [0.717, 1.165) is 30.3 Å². The summed E-state index contributed by atoms with van der Waals surface area (Å²) < 4.78 is 44.4. The molecule has 0 heterocycles. The quantitative estimate of drug-likeness (QED) is 0.566. The fourth-order valence-electron chi connectivity index (χ4n) is 5.03. The van der Waals surface area contributed by atoms with Crippen LogP contribution in [0.3, 0.4) is 0 Å². The molecule has 148 valence electrons. The second-order valence-electron chi connectivity index (χ2n) is 8.15. The molecule has 0 radical (unpaired) electrons. The van der Waals surface area contributed by atoms with Crippen LogP contribution >= 0.6 is 0 Å². The molecule has 2 aromatic carbocycles. The first kappa shape index (κ1) is 19.0. The molecule has 28 heavy (non-hydrogen) atoms. The molecule has 2 aliphatic carbocycles. The van der Waals surface area contributed by atoms with Gasteiger partial charge in [-0.15, -0.1) is 0 Å². The molecule has 4 rings (SSSR count). The van der Waals surface area contributed by atoms with Crippen LogP contribution in [0, 0.1) is 23.7 Å². The summed E-state index contributed by atoms with van der Waals surface area (Å²) in [5.41, 5.74) is 1.06. The maximum atomic E-state index is 12.8. The summed E-state index contributed by atoms with van der Waals surface area (Å²) in [4.78, 5) is 11.3. The molecule has 0 amide bonds. The number of hydrogen-bond acceptors (Lipinski definition) is 2. The van der Waals surface area contributed by atoms with Crippen molar-refractivity contribution in [2.24, 2.45) is 23.7 Å². The van der Waals surface area contributed by atoms with E-state index in [0.29, 0.717) is 40.9 Å². The Labute approximate surface area is 162 Å². The Balaban J connectivity index is 1.52. The van der Waals surface area contributed by atoms with Gasteiger partial charge >= 0.3 is 6.18 Å². The summed E-state index contributed by atoms with van der Waals surface area (Å²) in [5, 5.41) is 0. The van der Waals surface area contributed by atoms with Gasteiger partial charge in [0, 0.05) is 5.56 Å². The van der Waals surface area contributed by atoms with Crippen LogP contribution in [0.1, 0.15) is 42.1 Å². The Morgan fingerprint density at radius 1 is 1.07 bits per heavy atom. The summed E-state index contributed by atoms with van der Waals surface area (Å²) in [6.45, 7) is 2.96. The summed E-state index contributed by atoms with van der Waals surface area (Å²) in [6, 6.07) is 10.1. The first-order valence-electron chi connectivity index (χ1n) is 9.76. The molecule has 2 nitrogen and oxygen atoms in total. The van der Waals surface area contributed by atoms with Crippen LogP contribution < -0.4 is 4.74 Å². The number of benzene rings is 2. The average Bonchev–Trinajstić information content (AvgIpc) is 3.20. The minimum atomic E-state index is -4.37. The summed E-state index contributed by atoms with van der Waals surface area (Å²) in [7, 11) is 0. The molecule has 3 unspecified atom stereocenters. The third-order valence-electron chi connectivity index (χ3n) is 6.58. The number of aldehydes is 1. The lowest BCUT2D eigenvalue weighted by molar-refractivity contribution is -0.137. The zero-order chi connectivity index (χ0) is 19.9. The average molecular weight is 388 g/mol. The van der Waals surface area contributed by atoms with E-state index in [-0.39, 0.29) is 0 Å². The molecule has 2 aliphatic rings. The second-order valence-corrected chi connectivity index (χ2v) is 8.15. The van der Waals surface area contributed by atoms with Crippen molar-refractivity contribution in [3.63, 3.8) is 0 Å². The van der Waals surface area contributed by atoms with E-state index in [1.807, 2.05) is 0 Å². The van der Waals surface area contributed by atoms with Gasteiger partial charge < -0.3 is 4.74 Å². The van der Waals surface area contributed by atoms with Crippen LogP contribution in [0.4, 0.5) is 13.2 Å². The number of hydrogen-bond donors (Lipinski definition) is 0. The smallest absolute Gasteiger partial charge is 0.416 e. The fraction of sp³-hybridized carbons (Fsp3) is 0.435. The Kier molecular flexibility index (Phi) is 4.94. The minimum Gasteiger partial charge on any atom is -0.493 e. The van der Waals surface area contributed by atoms with Crippen molar-refractivity contribution >= 4 is 6.29 Å². The predicted molar refractivity (Wildman–Crippen MR) is 101 cm³/mol. The van der Waals surface area contributed by atoms with Gasteiger partial charge in [0.1, 0.15) is 12.0 Å². The number of fused-ring (bicyclic) bond motifs is 2. The zero-order valence-electron chi connectivity index (χ0n) is 15.7. The summed E-state index contributed by atoms with van der Waals surface area (Å²) in [6.07, 6.45) is 0.159. The minimum absolute atomic E-state index is 0.453. The largest absolute Gasteiger partial charge is 0.493 e. The zero-order valence-corrected chi connectivity index (χ0v) is 15.7. The van der Waals surface area contributed by atoms with Crippen molar-refractivity contribution in [2.75, 3.05) is 6.61 Å². The summed E-state index contributed by atoms with van der Waals surface area (Å²) >= 11 is 0. The third-order valence-corrected chi connectivity index (χ3v) is 6.58. The van der Waals surface area contributed by atoms with Gasteiger partial charge in [-0.2, -0.15) is 13.2 Å². The van der Waals surface area contributed by atoms with Crippen molar-refractivity contribution in [3.05, 3.63) is 53.6 Å². The molecule has 2 aromatic rings. The molecule has 0 N–H and O–H groups in total. The third kappa shape index (κ3) is 3.67. The van der Waals surface area contributed by atoms with E-state index < -0.39 is 11.7 Å². The topological polar surface area (TPSA) is 26.3 Å². The second kappa shape index (κ2) is 7.26. The molecule has 2 fully saturated rings. The van der Waals surface area contributed by atoms with Crippen molar-refractivity contribution in [1.82, 2.24) is 0 Å². The van der Waals surface area contributed by atoms with Gasteiger partial charge in [-0.1, -0.05) is 19.1 Å². The van der Waals surface area contributed by atoms with Crippen LogP contribution in [0.25, 0.3) is 11.1 Å². The number of alkyl halides is 3. The standard InChI is InChI=1S/C23H23F3O2/c1-14-17-4-7-22(14)19(10-17)13-28-21-9-15(12-27)8-18(11-21)16-2-5-20(6-3-16)23(24,25)26/h2-3,5-6,8-9,11-12,14,17,19,22H,4,7,10,13H2,1H3/t14-,17?,19?,22?/m0/s1. The highest BCUT2D eigenvalue weighted by molar-refractivity contribution is 5.80. The molecule has 2 bridgehead atoms. The number of carbonyl (C=O) groups excluding carboxylic acids is 1. The molecule has 5 heteroatoms. The van der Waals surface area contributed by atoms with Crippen molar-refractivity contribution in [1.29, 1.82) is 0 Å². The van der Waals surface area contributed by atoms with Gasteiger partial charge in [-0.25, -0.2) is 0 Å². The Hall–Kier alpha value is -2.30. The van der Waals surface area contributed by atoms with Crippen LogP contribution in [0.15, 0.2) is 42.5 Å². The Morgan fingerprint density at radius 3 is 2.39 bits per heavy atom. The van der Waals surface area contributed by atoms with Gasteiger partial charge in [-0.05, 0) is 84.4 Å². The van der Waals surface area contributed by atoms with E-state index in [9.17, 15) is 18.0 Å². The van der Waals surface area contributed by atoms with Crippen molar-refractivity contribution < 1.29 is 22.7 Å². The molecule has 0 aromatic heterocycles. The van der Waals surface area contributed by atoms with Crippen LogP contribution in [0.2, 0.25) is 0 Å². The maximum Gasteiger partial charge on any atom is 0.416 e.